The number of ether oxygens (including phenoxy) is 1. The molecule has 11 nitrogen and oxygen atoms in total. The first-order chi connectivity index (χ1) is 19.2. The summed E-state index contributed by atoms with van der Waals surface area (Å²) >= 11 is 0. The number of H-pyrrole nitrogens is 1. The van der Waals surface area contributed by atoms with Crippen LogP contribution in [-0.4, -0.2) is 56.1 Å². The van der Waals surface area contributed by atoms with Gasteiger partial charge in [0.25, 0.3) is 17.4 Å². The van der Waals surface area contributed by atoms with Crippen molar-refractivity contribution in [3.63, 3.8) is 0 Å². The fraction of sp³-hybridized carbons (Fsp3) is 0.423. The second kappa shape index (κ2) is 12.8. The van der Waals surface area contributed by atoms with Crippen molar-refractivity contribution < 1.29 is 27.5 Å². The van der Waals surface area contributed by atoms with E-state index in [2.05, 4.69) is 25.8 Å². The Morgan fingerprint density at radius 1 is 1.30 bits per heavy atom. The van der Waals surface area contributed by atoms with Crippen LogP contribution < -0.4 is 16.2 Å². The molecule has 0 radical (unpaired) electrons. The molecule has 2 amide bonds. The molecule has 3 N–H and O–H groups in total. The van der Waals surface area contributed by atoms with E-state index >= 15 is 0 Å². The molecule has 1 fully saturated rings. The number of anilines is 1. The van der Waals surface area contributed by atoms with Crippen LogP contribution in [0.25, 0.3) is 0 Å². The third kappa shape index (κ3) is 6.33. The maximum absolute atomic E-state index is 15.0. The average molecular weight is 562 g/mol. The van der Waals surface area contributed by atoms with Gasteiger partial charge >= 0.3 is 0 Å². The zero-order valence-electron chi connectivity index (χ0n) is 22.0. The van der Waals surface area contributed by atoms with Gasteiger partial charge in [-0.3, -0.25) is 23.7 Å². The molecule has 1 aliphatic rings. The zero-order chi connectivity index (χ0) is 28.8. The monoisotopic (exact) mass is 561 g/mol. The normalized spacial score (nSPS) is 16.8. The van der Waals surface area contributed by atoms with E-state index in [0.29, 0.717) is 44.1 Å². The fourth-order valence-corrected chi connectivity index (χ4v) is 4.85. The summed E-state index contributed by atoms with van der Waals surface area (Å²) in [5, 5.41) is 13.1. The molecule has 1 saturated carbocycles. The second-order valence-electron chi connectivity index (χ2n) is 9.46. The Labute approximate surface area is 227 Å². The number of nitrogens with one attached hydrogen (secondary N) is 3. The zero-order valence-corrected chi connectivity index (χ0v) is 22.0. The molecule has 1 aliphatic carbocycles. The summed E-state index contributed by atoms with van der Waals surface area (Å²) in [5.41, 5.74) is -0.106. The van der Waals surface area contributed by atoms with Crippen molar-refractivity contribution in [2.24, 2.45) is 5.92 Å². The smallest absolute Gasteiger partial charge is 0.270 e. The number of hydrogen-bond donors (Lipinski definition) is 3. The minimum absolute atomic E-state index is 0.0566. The maximum atomic E-state index is 15.0. The molecule has 4 rings (SSSR count). The van der Waals surface area contributed by atoms with E-state index in [9.17, 15) is 27.6 Å². The lowest BCUT2D eigenvalue weighted by atomic mass is 9.81. The number of nitrogens with zero attached hydrogens (tertiary/aromatic N) is 4. The molecule has 3 aromatic heterocycles. The van der Waals surface area contributed by atoms with Gasteiger partial charge in [-0.25, -0.2) is 8.78 Å². The highest BCUT2D eigenvalue weighted by atomic mass is 19.1. The highest BCUT2D eigenvalue weighted by molar-refractivity contribution is 6.00. The van der Waals surface area contributed by atoms with E-state index < -0.39 is 41.2 Å². The van der Waals surface area contributed by atoms with Crippen LogP contribution in [0, 0.1) is 17.7 Å². The van der Waals surface area contributed by atoms with Crippen LogP contribution in [-0.2, 0) is 16.1 Å². The fourth-order valence-electron chi connectivity index (χ4n) is 4.85. The van der Waals surface area contributed by atoms with Gasteiger partial charge < -0.3 is 20.4 Å². The van der Waals surface area contributed by atoms with Crippen molar-refractivity contribution in [2.75, 3.05) is 19.0 Å². The first-order valence-corrected chi connectivity index (χ1v) is 12.8. The van der Waals surface area contributed by atoms with Crippen LogP contribution in [0.1, 0.15) is 54.7 Å². The molecule has 1 unspecified atom stereocenters. The third-order valence-electron chi connectivity index (χ3n) is 6.96. The van der Waals surface area contributed by atoms with Crippen molar-refractivity contribution in [3.05, 3.63) is 76.0 Å². The van der Waals surface area contributed by atoms with Gasteiger partial charge in [0.1, 0.15) is 29.3 Å². The SMILES string of the molecule is CCn1nccc1C(=O)NC(C(=O)Nc1cn([C@@H](COC)c2cc(F)c[nH]c2=O)nc1F)C1CCC(=CF)CC1. The van der Waals surface area contributed by atoms with Crippen molar-refractivity contribution in [3.8, 4) is 0 Å². The molecule has 0 aromatic carbocycles. The number of amides is 2. The summed E-state index contributed by atoms with van der Waals surface area (Å²) in [6, 6.07) is 0.443. The van der Waals surface area contributed by atoms with E-state index in [0.717, 1.165) is 23.1 Å². The van der Waals surface area contributed by atoms with Crippen LogP contribution in [0.15, 0.2) is 47.4 Å². The molecule has 3 aromatic rings. The quantitative estimate of drug-likeness (QED) is 0.348. The van der Waals surface area contributed by atoms with E-state index in [1.807, 2.05) is 6.92 Å². The largest absolute Gasteiger partial charge is 0.382 e. The molecule has 0 spiro atoms. The Bertz CT molecular complexity index is 1440. The number of carbonyl (C=O) groups excluding carboxylic acids is 2. The van der Waals surface area contributed by atoms with Gasteiger partial charge in [-0.1, -0.05) is 0 Å². The van der Waals surface area contributed by atoms with Crippen molar-refractivity contribution in [1.82, 2.24) is 29.9 Å². The summed E-state index contributed by atoms with van der Waals surface area (Å²) in [6.45, 7) is 2.11. The number of carbonyl (C=O) groups is 2. The molecule has 3 heterocycles. The molecule has 14 heteroatoms. The van der Waals surface area contributed by atoms with Gasteiger partial charge in [-0.2, -0.15) is 9.49 Å². The van der Waals surface area contributed by atoms with Gasteiger partial charge in [0.2, 0.25) is 5.91 Å². The predicted octanol–water partition coefficient (Wildman–Crippen LogP) is 3.08. The Morgan fingerprint density at radius 2 is 2.05 bits per heavy atom. The highest BCUT2D eigenvalue weighted by Crippen LogP contribution is 2.31. The summed E-state index contributed by atoms with van der Waals surface area (Å²) < 4.78 is 49.5. The summed E-state index contributed by atoms with van der Waals surface area (Å²) in [4.78, 5) is 41.1. The number of rotatable bonds is 10. The molecular weight excluding hydrogens is 531 g/mol. The summed E-state index contributed by atoms with van der Waals surface area (Å²) in [6.07, 6.45) is 5.79. The van der Waals surface area contributed by atoms with Gasteiger partial charge in [0.05, 0.1) is 19.1 Å². The van der Waals surface area contributed by atoms with Gasteiger partial charge in [0, 0.05) is 31.6 Å². The number of aryl methyl sites for hydroxylation is 1. The molecule has 2 atom stereocenters. The second-order valence-corrected chi connectivity index (χ2v) is 9.46. The maximum Gasteiger partial charge on any atom is 0.270 e. The Kier molecular flexibility index (Phi) is 9.19. The van der Waals surface area contributed by atoms with Crippen LogP contribution in [0.5, 0.6) is 0 Å². The number of halogens is 3. The number of methoxy groups -OCH3 is 1. The lowest BCUT2D eigenvalue weighted by molar-refractivity contribution is -0.119. The minimum Gasteiger partial charge on any atom is -0.382 e. The van der Waals surface area contributed by atoms with Gasteiger partial charge in [-0.05, 0) is 56.2 Å². The molecule has 0 aliphatic heterocycles. The molecule has 0 saturated heterocycles. The Balaban J connectivity index is 1.59. The number of pyridine rings is 1. The highest BCUT2D eigenvalue weighted by Gasteiger charge is 2.34. The summed E-state index contributed by atoms with van der Waals surface area (Å²) in [5.74, 6) is -3.34. The number of hydrogen-bond acceptors (Lipinski definition) is 6. The molecule has 40 heavy (non-hydrogen) atoms. The Hall–Kier alpha value is -4.20. The van der Waals surface area contributed by atoms with Gasteiger partial charge in [-0.15, -0.1) is 5.10 Å². The topological polar surface area (TPSA) is 136 Å². The van der Waals surface area contributed by atoms with E-state index in [4.69, 9.17) is 4.74 Å². The van der Waals surface area contributed by atoms with Crippen molar-refractivity contribution in [2.45, 2.75) is 51.2 Å². The molecular formula is C26H30F3N7O4. The van der Waals surface area contributed by atoms with Crippen LogP contribution in [0.4, 0.5) is 18.9 Å². The van der Waals surface area contributed by atoms with Crippen molar-refractivity contribution >= 4 is 17.5 Å². The van der Waals surface area contributed by atoms with E-state index in [-0.39, 0.29) is 29.5 Å². The predicted molar refractivity (Wildman–Crippen MR) is 138 cm³/mol. The van der Waals surface area contributed by atoms with Gasteiger partial charge in [0.15, 0.2) is 0 Å². The van der Waals surface area contributed by atoms with Crippen LogP contribution in [0.2, 0.25) is 0 Å². The summed E-state index contributed by atoms with van der Waals surface area (Å²) in [7, 11) is 1.36. The minimum atomic E-state index is -1.07. The number of aromatic amines is 1. The molecule has 214 valence electrons. The first-order valence-electron chi connectivity index (χ1n) is 12.8. The van der Waals surface area contributed by atoms with E-state index in [1.165, 1.54) is 24.1 Å². The lowest BCUT2D eigenvalue weighted by Crippen LogP contribution is -2.49. The average Bonchev–Trinajstić information content (AvgIpc) is 3.58. The Morgan fingerprint density at radius 3 is 2.73 bits per heavy atom. The van der Waals surface area contributed by atoms with E-state index in [1.54, 1.807) is 0 Å². The lowest BCUT2D eigenvalue weighted by Gasteiger charge is -2.30. The van der Waals surface area contributed by atoms with Crippen LogP contribution >= 0.6 is 0 Å². The standard InChI is InChI=1S/C26H30F3N7O4/c1-3-35-20(8-9-31-35)25(38)33-22(16-6-4-15(11-27)5-7-16)26(39)32-19-13-36(34-23(19)29)21(14-40-2)18-10-17(28)12-30-24(18)37/h8-13,16,21-22H,3-7,14H2,1-2H3,(H,30,37)(H,32,39)(H,33,38)/t16?,21-,22?/m0/s1. The number of allylic oxidation sites excluding steroid dienone is 1. The first kappa shape index (κ1) is 28.8. The molecule has 0 bridgehead atoms. The van der Waals surface area contributed by atoms with Crippen molar-refractivity contribution in [1.29, 1.82) is 0 Å². The van der Waals surface area contributed by atoms with Crippen LogP contribution in [0.3, 0.4) is 0 Å². The third-order valence-corrected chi connectivity index (χ3v) is 6.96. The number of aromatic nitrogens is 5.